The molecular weight excluding hydrogens is 472 g/mol. The molecule has 0 aliphatic heterocycles. The molecule has 0 aliphatic carbocycles. The number of hydrogen-bond acceptors (Lipinski definition) is 8. The Morgan fingerprint density at radius 2 is 1.78 bits per heavy atom. The van der Waals surface area contributed by atoms with Crippen molar-refractivity contribution in [1.29, 1.82) is 0 Å². The topological polar surface area (TPSA) is 94.3 Å². The molecule has 0 saturated carbocycles. The average Bonchev–Trinajstić information content (AvgIpc) is 2.91. The van der Waals surface area contributed by atoms with Gasteiger partial charge in [0, 0.05) is 50.3 Å². The van der Waals surface area contributed by atoms with Crippen LogP contribution in [0.3, 0.4) is 0 Å². The first-order valence-electron chi connectivity index (χ1n) is 12.4. The van der Waals surface area contributed by atoms with Gasteiger partial charge in [-0.25, -0.2) is 0 Å². The number of nitrogens with zero attached hydrogens (tertiary/aromatic N) is 2. The van der Waals surface area contributed by atoms with Gasteiger partial charge >= 0.3 is 0 Å². The highest BCUT2D eigenvalue weighted by atomic mass is 16.6. The van der Waals surface area contributed by atoms with Gasteiger partial charge in [-0.3, -0.25) is 14.7 Å². The zero-order valence-corrected chi connectivity index (χ0v) is 20.9. The van der Waals surface area contributed by atoms with E-state index in [0.717, 1.165) is 11.1 Å². The van der Waals surface area contributed by atoms with Gasteiger partial charge in [0.25, 0.3) is 0 Å². The predicted octanol–water partition coefficient (Wildman–Crippen LogP) is 4.11. The van der Waals surface area contributed by atoms with E-state index in [1.807, 2.05) is 55.5 Å². The summed E-state index contributed by atoms with van der Waals surface area (Å²) in [6.45, 7) is 5.32. The van der Waals surface area contributed by atoms with Gasteiger partial charge < -0.3 is 23.7 Å². The van der Waals surface area contributed by atoms with E-state index >= 15 is 0 Å². The molecule has 1 N–H and O–H groups in total. The van der Waals surface area contributed by atoms with Crippen molar-refractivity contribution in [2.75, 3.05) is 39.5 Å². The molecule has 0 radical (unpaired) electrons. The maximum Gasteiger partial charge on any atom is 0.193 e. The highest BCUT2D eigenvalue weighted by Crippen LogP contribution is 2.24. The second-order valence-electron chi connectivity index (χ2n) is 8.46. The summed E-state index contributed by atoms with van der Waals surface area (Å²) < 4.78 is 22.7. The van der Waals surface area contributed by atoms with Gasteiger partial charge in [-0.15, -0.1) is 0 Å². The summed E-state index contributed by atoms with van der Waals surface area (Å²) in [6, 6.07) is 20.0. The molecule has 8 nitrogen and oxygen atoms in total. The molecule has 1 atom stereocenters. The number of para-hydroxylation sites is 1. The quantitative estimate of drug-likeness (QED) is 0.203. The zero-order chi connectivity index (χ0) is 25.9. The Labute approximate surface area is 216 Å². The van der Waals surface area contributed by atoms with Crippen LogP contribution in [0.2, 0.25) is 0 Å². The minimum absolute atomic E-state index is 0.0685. The van der Waals surface area contributed by atoms with Crippen LogP contribution in [0.25, 0.3) is 22.3 Å². The van der Waals surface area contributed by atoms with E-state index < -0.39 is 6.29 Å². The normalized spacial score (nSPS) is 12.2. The second-order valence-corrected chi connectivity index (χ2v) is 8.46. The Hall–Kier alpha value is -3.56. The average molecular weight is 505 g/mol. The van der Waals surface area contributed by atoms with E-state index in [1.54, 1.807) is 24.5 Å². The lowest BCUT2D eigenvalue weighted by Crippen LogP contribution is -2.36. The summed E-state index contributed by atoms with van der Waals surface area (Å²) in [6.07, 6.45) is 2.66. The van der Waals surface area contributed by atoms with Gasteiger partial charge in [0.2, 0.25) is 0 Å². The molecule has 0 bridgehead atoms. The van der Waals surface area contributed by atoms with Crippen molar-refractivity contribution >= 4 is 11.0 Å². The van der Waals surface area contributed by atoms with Gasteiger partial charge in [-0.05, 0) is 61.0 Å². The van der Waals surface area contributed by atoms with Crippen LogP contribution in [-0.4, -0.2) is 60.8 Å². The predicted molar refractivity (Wildman–Crippen MR) is 141 cm³/mol. The number of aromatic nitrogens is 1. The third kappa shape index (κ3) is 7.96. The van der Waals surface area contributed by atoms with Gasteiger partial charge in [-0.2, -0.15) is 0 Å². The lowest BCUT2D eigenvalue weighted by molar-refractivity contribution is -0.112. The first kappa shape index (κ1) is 26.5. The van der Waals surface area contributed by atoms with Gasteiger partial charge in [0.15, 0.2) is 11.7 Å². The molecule has 4 aromatic rings. The Kier molecular flexibility index (Phi) is 9.79. The number of aliphatic hydroxyl groups excluding tert-OH is 1. The lowest BCUT2D eigenvalue weighted by Gasteiger charge is -2.25. The number of rotatable bonds is 14. The smallest absolute Gasteiger partial charge is 0.193 e. The molecule has 0 amide bonds. The van der Waals surface area contributed by atoms with Crippen molar-refractivity contribution in [1.82, 2.24) is 9.88 Å². The molecule has 4 rings (SSSR count). The van der Waals surface area contributed by atoms with Crippen LogP contribution in [0, 0.1) is 0 Å². The molecule has 0 fully saturated rings. The van der Waals surface area contributed by atoms with Crippen LogP contribution in [0.1, 0.15) is 12.5 Å². The van der Waals surface area contributed by atoms with Crippen LogP contribution in [0.4, 0.5) is 0 Å². The van der Waals surface area contributed by atoms with Gasteiger partial charge in [0.05, 0.1) is 18.6 Å². The number of aliphatic hydroxyl groups is 1. The molecule has 2 heterocycles. The highest BCUT2D eigenvalue weighted by Gasteiger charge is 2.12. The molecule has 2 aromatic heterocycles. The minimum Gasteiger partial charge on any atom is -0.491 e. The Morgan fingerprint density at radius 1 is 1.00 bits per heavy atom. The molecular formula is C29H32N2O6. The van der Waals surface area contributed by atoms with E-state index in [-0.39, 0.29) is 5.43 Å². The minimum atomic E-state index is -0.847. The van der Waals surface area contributed by atoms with E-state index in [0.29, 0.717) is 68.5 Å². The molecule has 194 valence electrons. The van der Waals surface area contributed by atoms with E-state index in [9.17, 15) is 9.90 Å². The maximum absolute atomic E-state index is 12.4. The van der Waals surface area contributed by atoms with Crippen LogP contribution >= 0.6 is 0 Å². The summed E-state index contributed by atoms with van der Waals surface area (Å²) in [7, 11) is 0. The number of pyridine rings is 1. The standard InChI is InChI=1S/C29H32N2O6/c1-2-35-29(33)21-31(20-22-11-13-30-14-12-22)15-16-34-17-18-36-24-9-7-23(8-10-24)28-19-26(32)25-5-3-4-6-27(25)37-28/h3-14,19,29,33H,2,15-18,20-21H2,1H3. The Balaban J connectivity index is 1.22. The van der Waals surface area contributed by atoms with Gasteiger partial charge in [-0.1, -0.05) is 12.1 Å². The monoisotopic (exact) mass is 504 g/mol. The summed E-state index contributed by atoms with van der Waals surface area (Å²) in [5, 5.41) is 10.6. The number of fused-ring (bicyclic) bond motifs is 1. The van der Waals surface area contributed by atoms with E-state index in [4.69, 9.17) is 18.6 Å². The maximum atomic E-state index is 12.4. The van der Waals surface area contributed by atoms with E-state index in [1.165, 1.54) is 6.07 Å². The fourth-order valence-electron chi connectivity index (χ4n) is 3.92. The number of hydrogen-bond donors (Lipinski definition) is 1. The SMILES string of the molecule is CCOC(O)CN(CCOCCOc1ccc(-c2cc(=O)c3ccccc3o2)cc1)Cc1ccncc1. The van der Waals surface area contributed by atoms with Gasteiger partial charge in [0.1, 0.15) is 23.7 Å². The van der Waals surface area contributed by atoms with Crippen LogP contribution in [0.5, 0.6) is 5.75 Å². The molecule has 0 aliphatic rings. The molecule has 8 heteroatoms. The molecule has 2 aromatic carbocycles. The zero-order valence-electron chi connectivity index (χ0n) is 20.9. The third-order valence-electron chi connectivity index (χ3n) is 5.75. The summed E-state index contributed by atoms with van der Waals surface area (Å²) in [4.78, 5) is 18.5. The summed E-state index contributed by atoms with van der Waals surface area (Å²) in [5.74, 6) is 1.22. The molecule has 1 unspecified atom stereocenters. The fraction of sp³-hybridized carbons (Fsp3) is 0.310. The Morgan fingerprint density at radius 3 is 2.57 bits per heavy atom. The van der Waals surface area contributed by atoms with Crippen molar-refractivity contribution in [3.05, 3.63) is 94.9 Å². The third-order valence-corrected chi connectivity index (χ3v) is 5.75. The van der Waals surface area contributed by atoms with Crippen LogP contribution in [-0.2, 0) is 16.0 Å². The molecule has 0 saturated heterocycles. The molecule has 37 heavy (non-hydrogen) atoms. The number of benzene rings is 2. The van der Waals surface area contributed by atoms with Crippen molar-refractivity contribution in [3.63, 3.8) is 0 Å². The summed E-state index contributed by atoms with van der Waals surface area (Å²) >= 11 is 0. The second kappa shape index (κ2) is 13.7. The largest absolute Gasteiger partial charge is 0.491 e. The van der Waals surface area contributed by atoms with Crippen LogP contribution < -0.4 is 10.2 Å². The first-order chi connectivity index (χ1) is 18.1. The summed E-state index contributed by atoms with van der Waals surface area (Å²) in [5.41, 5.74) is 2.40. The molecule has 0 spiro atoms. The van der Waals surface area contributed by atoms with Crippen molar-refractivity contribution in [3.8, 4) is 17.1 Å². The highest BCUT2D eigenvalue weighted by molar-refractivity contribution is 5.78. The first-order valence-corrected chi connectivity index (χ1v) is 12.4. The van der Waals surface area contributed by atoms with Crippen molar-refractivity contribution in [2.24, 2.45) is 0 Å². The Bertz CT molecular complexity index is 1290. The van der Waals surface area contributed by atoms with Crippen LogP contribution in [0.15, 0.2) is 88.3 Å². The fourth-order valence-corrected chi connectivity index (χ4v) is 3.92. The van der Waals surface area contributed by atoms with Crippen molar-refractivity contribution in [2.45, 2.75) is 19.8 Å². The lowest BCUT2D eigenvalue weighted by atomic mass is 10.1. The van der Waals surface area contributed by atoms with E-state index in [2.05, 4.69) is 9.88 Å². The number of ether oxygens (including phenoxy) is 3. The van der Waals surface area contributed by atoms with Crippen molar-refractivity contribution < 1.29 is 23.7 Å².